The molecule has 4 rings (SSSR count). The minimum Gasteiger partial charge on any atom is -0.382 e. The van der Waals surface area contributed by atoms with Crippen molar-refractivity contribution >= 4 is 39.6 Å². The summed E-state index contributed by atoms with van der Waals surface area (Å²) in [6.45, 7) is 2.92. The van der Waals surface area contributed by atoms with Crippen LogP contribution in [0.1, 0.15) is 44.9 Å². The van der Waals surface area contributed by atoms with Crippen LogP contribution in [0.3, 0.4) is 0 Å². The van der Waals surface area contributed by atoms with E-state index < -0.39 is 0 Å². The average molecular weight is 452 g/mol. The SMILES string of the molecule is CCCc1nc(NCCCCCC(=O)NO)c2ccccc2n1.Nc1ncnc2nc[nH]c12. The van der Waals surface area contributed by atoms with Gasteiger partial charge in [-0.2, -0.15) is 0 Å². The molecule has 174 valence electrons. The largest absolute Gasteiger partial charge is 0.382 e. The second-order valence-electron chi connectivity index (χ2n) is 7.39. The number of nitrogens with one attached hydrogen (secondary N) is 3. The van der Waals surface area contributed by atoms with E-state index in [1.807, 2.05) is 24.3 Å². The Bertz CT molecular complexity index is 1180. The Balaban J connectivity index is 0.000000252. The van der Waals surface area contributed by atoms with Gasteiger partial charge in [0.2, 0.25) is 5.91 Å². The van der Waals surface area contributed by atoms with Gasteiger partial charge in [-0.25, -0.2) is 30.4 Å². The smallest absolute Gasteiger partial charge is 0.243 e. The first kappa shape index (κ1) is 23.8. The first-order chi connectivity index (χ1) is 16.1. The fourth-order valence-electron chi connectivity index (χ4n) is 3.23. The molecule has 0 saturated heterocycles. The Morgan fingerprint density at radius 1 is 1.12 bits per heavy atom. The Labute approximate surface area is 191 Å². The molecular formula is C22H29N9O2. The number of hydroxylamine groups is 1. The van der Waals surface area contributed by atoms with Gasteiger partial charge in [0.1, 0.15) is 23.5 Å². The molecule has 0 aliphatic rings. The summed E-state index contributed by atoms with van der Waals surface area (Å²) in [7, 11) is 0. The highest BCUT2D eigenvalue weighted by atomic mass is 16.5. The molecule has 11 nitrogen and oxygen atoms in total. The highest BCUT2D eigenvalue weighted by molar-refractivity contribution is 5.89. The highest BCUT2D eigenvalue weighted by Crippen LogP contribution is 2.20. The third kappa shape index (κ3) is 6.81. The molecule has 11 heteroatoms. The number of nitrogens with zero attached hydrogens (tertiary/aromatic N) is 5. The molecular weight excluding hydrogens is 422 g/mol. The summed E-state index contributed by atoms with van der Waals surface area (Å²) in [5.41, 5.74) is 9.39. The molecule has 0 aliphatic carbocycles. The summed E-state index contributed by atoms with van der Waals surface area (Å²) in [6.07, 6.45) is 7.80. The Kier molecular flexibility index (Phi) is 8.83. The van der Waals surface area contributed by atoms with Gasteiger partial charge in [0.05, 0.1) is 11.8 Å². The Hall–Kier alpha value is -3.86. The lowest BCUT2D eigenvalue weighted by molar-refractivity contribution is -0.129. The van der Waals surface area contributed by atoms with E-state index in [1.54, 1.807) is 5.48 Å². The number of aromatic nitrogens is 6. The minimum absolute atomic E-state index is 0.330. The zero-order valence-electron chi connectivity index (χ0n) is 18.6. The summed E-state index contributed by atoms with van der Waals surface area (Å²) >= 11 is 0. The van der Waals surface area contributed by atoms with Crippen molar-refractivity contribution in [2.24, 2.45) is 0 Å². The van der Waals surface area contributed by atoms with Gasteiger partial charge in [-0.15, -0.1) is 0 Å². The van der Waals surface area contributed by atoms with Gasteiger partial charge < -0.3 is 16.0 Å². The number of benzene rings is 1. The van der Waals surface area contributed by atoms with Crippen LogP contribution in [0, 0.1) is 0 Å². The number of para-hydroxylation sites is 1. The van der Waals surface area contributed by atoms with Crippen molar-refractivity contribution in [2.75, 3.05) is 17.6 Å². The van der Waals surface area contributed by atoms with Crippen molar-refractivity contribution in [1.82, 2.24) is 35.4 Å². The molecule has 3 aromatic heterocycles. The number of anilines is 2. The molecule has 33 heavy (non-hydrogen) atoms. The van der Waals surface area contributed by atoms with Crippen molar-refractivity contribution < 1.29 is 10.0 Å². The van der Waals surface area contributed by atoms with Crippen LogP contribution in [0.25, 0.3) is 22.1 Å². The van der Waals surface area contributed by atoms with Crippen LogP contribution in [-0.4, -0.2) is 47.6 Å². The fraction of sp³-hybridized carbons (Fsp3) is 0.364. The van der Waals surface area contributed by atoms with E-state index in [1.165, 1.54) is 12.7 Å². The molecule has 0 saturated carbocycles. The number of hydrogen-bond donors (Lipinski definition) is 5. The molecule has 4 aromatic rings. The van der Waals surface area contributed by atoms with E-state index in [2.05, 4.69) is 42.1 Å². The highest BCUT2D eigenvalue weighted by Gasteiger charge is 2.07. The lowest BCUT2D eigenvalue weighted by atomic mass is 10.2. The number of fused-ring (bicyclic) bond motifs is 2. The van der Waals surface area contributed by atoms with Crippen LogP contribution in [0.5, 0.6) is 0 Å². The molecule has 1 aromatic carbocycles. The molecule has 0 aliphatic heterocycles. The molecule has 0 unspecified atom stereocenters. The number of nitrogen functional groups attached to an aromatic ring is 1. The van der Waals surface area contributed by atoms with Crippen LogP contribution in [-0.2, 0) is 11.2 Å². The van der Waals surface area contributed by atoms with Crippen LogP contribution in [0.2, 0.25) is 0 Å². The Morgan fingerprint density at radius 2 is 1.97 bits per heavy atom. The van der Waals surface area contributed by atoms with Gasteiger partial charge >= 0.3 is 0 Å². The summed E-state index contributed by atoms with van der Waals surface area (Å²) in [5, 5.41) is 12.9. The maximum Gasteiger partial charge on any atom is 0.243 e. The lowest BCUT2D eigenvalue weighted by Gasteiger charge is -2.10. The third-order valence-corrected chi connectivity index (χ3v) is 4.87. The van der Waals surface area contributed by atoms with Crippen molar-refractivity contribution in [3.05, 3.63) is 42.7 Å². The number of rotatable bonds is 9. The van der Waals surface area contributed by atoms with E-state index in [4.69, 9.17) is 10.9 Å². The van der Waals surface area contributed by atoms with Gasteiger partial charge in [-0.1, -0.05) is 25.5 Å². The molecule has 0 bridgehead atoms. The summed E-state index contributed by atoms with van der Waals surface area (Å²) in [5.74, 6) is 1.85. The third-order valence-electron chi connectivity index (χ3n) is 4.87. The van der Waals surface area contributed by atoms with Gasteiger partial charge in [-0.05, 0) is 31.4 Å². The molecule has 0 atom stereocenters. The number of aryl methyl sites for hydroxylation is 1. The van der Waals surface area contributed by atoms with Gasteiger partial charge in [-0.3, -0.25) is 10.0 Å². The predicted octanol–water partition coefficient (Wildman–Crippen LogP) is 3.00. The second-order valence-corrected chi connectivity index (χ2v) is 7.39. The Morgan fingerprint density at radius 3 is 2.76 bits per heavy atom. The van der Waals surface area contributed by atoms with E-state index >= 15 is 0 Å². The van der Waals surface area contributed by atoms with E-state index in [0.717, 1.165) is 61.2 Å². The number of amides is 1. The zero-order chi connectivity index (χ0) is 23.5. The predicted molar refractivity (Wildman–Crippen MR) is 127 cm³/mol. The zero-order valence-corrected chi connectivity index (χ0v) is 18.6. The molecule has 3 heterocycles. The minimum atomic E-state index is -0.330. The number of carbonyl (C=O) groups excluding carboxylic acids is 1. The average Bonchev–Trinajstić information content (AvgIpc) is 3.32. The van der Waals surface area contributed by atoms with E-state index in [0.29, 0.717) is 23.4 Å². The van der Waals surface area contributed by atoms with Crippen molar-refractivity contribution in [2.45, 2.75) is 45.4 Å². The maximum absolute atomic E-state index is 10.9. The van der Waals surface area contributed by atoms with Crippen molar-refractivity contribution in [1.29, 1.82) is 0 Å². The molecule has 1 amide bonds. The fourth-order valence-corrected chi connectivity index (χ4v) is 3.23. The first-order valence-electron chi connectivity index (χ1n) is 10.9. The van der Waals surface area contributed by atoms with Crippen LogP contribution in [0.15, 0.2) is 36.9 Å². The molecule has 6 N–H and O–H groups in total. The van der Waals surface area contributed by atoms with Gasteiger partial charge in [0, 0.05) is 24.8 Å². The van der Waals surface area contributed by atoms with Gasteiger partial charge in [0.25, 0.3) is 0 Å². The maximum atomic E-state index is 10.9. The van der Waals surface area contributed by atoms with Crippen LogP contribution in [0.4, 0.5) is 11.6 Å². The second kappa shape index (κ2) is 12.2. The summed E-state index contributed by atoms with van der Waals surface area (Å²) in [4.78, 5) is 34.5. The summed E-state index contributed by atoms with van der Waals surface area (Å²) in [6, 6.07) is 8.01. The number of H-pyrrole nitrogens is 1. The molecule has 0 spiro atoms. The number of hydrogen-bond acceptors (Lipinski definition) is 9. The van der Waals surface area contributed by atoms with E-state index in [-0.39, 0.29) is 5.91 Å². The molecule has 0 fully saturated rings. The number of carbonyl (C=O) groups is 1. The number of unbranched alkanes of at least 4 members (excludes halogenated alkanes) is 2. The lowest BCUT2D eigenvalue weighted by Crippen LogP contribution is -2.17. The topological polar surface area (TPSA) is 168 Å². The van der Waals surface area contributed by atoms with Crippen LogP contribution >= 0.6 is 0 Å². The first-order valence-corrected chi connectivity index (χ1v) is 10.9. The van der Waals surface area contributed by atoms with Crippen LogP contribution < -0.4 is 16.5 Å². The number of nitrogens with two attached hydrogens (primary N) is 1. The van der Waals surface area contributed by atoms with Crippen molar-refractivity contribution in [3.63, 3.8) is 0 Å². The van der Waals surface area contributed by atoms with E-state index in [9.17, 15) is 4.79 Å². The standard InChI is InChI=1S/C17H24N4O2.C5H5N5/c1-2-8-15-19-14-10-6-5-9-13(14)17(20-15)18-12-7-3-4-11-16(22)21-23;6-4-3-5(9-1-7-3)10-2-8-4/h5-6,9-10,23H,2-4,7-8,11-12H2,1H3,(H,21,22)(H,18,19,20);1-2H,(H3,6,7,8,9,10). The number of imidazole rings is 1. The van der Waals surface area contributed by atoms with Gasteiger partial charge in [0.15, 0.2) is 11.5 Å². The normalized spacial score (nSPS) is 10.6. The quantitative estimate of drug-likeness (QED) is 0.146. The molecule has 0 radical (unpaired) electrons. The van der Waals surface area contributed by atoms with Crippen molar-refractivity contribution in [3.8, 4) is 0 Å². The number of aromatic amines is 1. The summed E-state index contributed by atoms with van der Waals surface area (Å²) < 4.78 is 0. The monoisotopic (exact) mass is 451 g/mol.